The molecule has 2 saturated heterocycles. The van der Waals surface area contributed by atoms with E-state index in [-0.39, 0.29) is 37.7 Å². The molecule has 2 aromatic rings. The Morgan fingerprint density at radius 1 is 1.19 bits per heavy atom. The Morgan fingerprint density at radius 3 is 2.91 bits per heavy atom. The molecule has 1 aromatic heterocycles. The molecule has 5 rings (SSSR count). The minimum atomic E-state index is -0.538. The third-order valence-corrected chi connectivity index (χ3v) is 5.85. The number of aromatic nitrogens is 1. The number of nitrogens with one attached hydrogen (secondary N) is 2. The number of anilines is 1. The van der Waals surface area contributed by atoms with E-state index in [4.69, 9.17) is 9.47 Å². The van der Waals surface area contributed by atoms with Crippen LogP contribution in [0.15, 0.2) is 42.6 Å². The van der Waals surface area contributed by atoms with Crippen molar-refractivity contribution in [3.8, 4) is 11.5 Å². The second kappa shape index (κ2) is 8.46. The number of carbonyl (C=O) groups is 3. The van der Waals surface area contributed by atoms with Crippen LogP contribution in [0.2, 0.25) is 0 Å². The van der Waals surface area contributed by atoms with Gasteiger partial charge in [0.25, 0.3) is 0 Å². The fourth-order valence-corrected chi connectivity index (χ4v) is 4.33. The van der Waals surface area contributed by atoms with Crippen molar-refractivity contribution in [3.63, 3.8) is 0 Å². The first kappa shape index (κ1) is 20.3. The number of benzene rings is 1. The van der Waals surface area contributed by atoms with Crippen LogP contribution in [0.4, 0.5) is 10.5 Å². The fraction of sp³-hybridized carbons (Fsp3) is 0.364. The van der Waals surface area contributed by atoms with E-state index in [2.05, 4.69) is 15.6 Å². The lowest BCUT2D eigenvalue weighted by Crippen LogP contribution is -2.70. The Labute approximate surface area is 184 Å². The van der Waals surface area contributed by atoms with Gasteiger partial charge in [0.2, 0.25) is 18.6 Å². The van der Waals surface area contributed by atoms with Crippen molar-refractivity contribution < 1.29 is 23.9 Å². The van der Waals surface area contributed by atoms with Crippen LogP contribution in [-0.4, -0.2) is 64.6 Å². The molecule has 2 atom stereocenters. The Morgan fingerprint density at radius 2 is 2.06 bits per heavy atom. The molecule has 2 unspecified atom stereocenters. The number of hydrogen-bond donors (Lipinski definition) is 2. The Hall–Kier alpha value is -3.66. The smallest absolute Gasteiger partial charge is 0.327 e. The van der Waals surface area contributed by atoms with Crippen LogP contribution in [0, 0.1) is 0 Å². The Balaban J connectivity index is 1.34. The maximum Gasteiger partial charge on any atom is 0.327 e. The highest BCUT2D eigenvalue weighted by Crippen LogP contribution is 2.34. The number of hydrogen-bond acceptors (Lipinski definition) is 7. The fourth-order valence-electron chi connectivity index (χ4n) is 4.33. The number of amides is 4. The van der Waals surface area contributed by atoms with E-state index in [0.717, 1.165) is 6.42 Å². The molecule has 2 N–H and O–H groups in total. The lowest BCUT2D eigenvalue weighted by atomic mass is 9.93. The molecule has 0 saturated carbocycles. The zero-order chi connectivity index (χ0) is 22.1. The van der Waals surface area contributed by atoms with Gasteiger partial charge in [-0.1, -0.05) is 6.07 Å². The minimum absolute atomic E-state index is 0.0592. The summed E-state index contributed by atoms with van der Waals surface area (Å²) in [7, 11) is 0. The average Bonchev–Trinajstić information content (AvgIpc) is 3.28. The van der Waals surface area contributed by atoms with Crippen molar-refractivity contribution in [3.05, 3.63) is 48.3 Å². The van der Waals surface area contributed by atoms with Crippen LogP contribution in [0.1, 0.15) is 18.5 Å². The van der Waals surface area contributed by atoms with Crippen LogP contribution < -0.4 is 20.1 Å². The topological polar surface area (TPSA) is 113 Å². The molecule has 3 aliphatic rings. The van der Waals surface area contributed by atoms with Crippen LogP contribution in [0.3, 0.4) is 0 Å². The van der Waals surface area contributed by atoms with Gasteiger partial charge >= 0.3 is 6.03 Å². The summed E-state index contributed by atoms with van der Waals surface area (Å²) < 4.78 is 10.6. The van der Waals surface area contributed by atoms with Gasteiger partial charge in [0.05, 0.1) is 18.3 Å². The lowest BCUT2D eigenvalue weighted by Gasteiger charge is -2.46. The highest BCUT2D eigenvalue weighted by atomic mass is 16.7. The van der Waals surface area contributed by atoms with Gasteiger partial charge in [-0.3, -0.25) is 19.5 Å². The van der Waals surface area contributed by atoms with E-state index in [1.807, 2.05) is 0 Å². The molecule has 3 aliphatic heterocycles. The van der Waals surface area contributed by atoms with Gasteiger partial charge in [0, 0.05) is 18.0 Å². The standard InChI is InChI=1S/C22H23N5O5/c28-19(25-14-6-7-17-18(10-14)32-13-31-17)12-26-16-5-3-9-24-20(16)21(29)27(22(26)30)11-15-4-1-2-8-23-15/h1-2,4,6-8,10,16,20,24H,3,5,9,11-13H2,(H,25,28). The summed E-state index contributed by atoms with van der Waals surface area (Å²) in [5.74, 6) is 0.543. The normalized spacial score (nSPS) is 22.0. The predicted octanol–water partition coefficient (Wildman–Crippen LogP) is 1.33. The first-order chi connectivity index (χ1) is 15.6. The van der Waals surface area contributed by atoms with Crippen LogP contribution >= 0.6 is 0 Å². The number of rotatable bonds is 5. The zero-order valence-corrected chi connectivity index (χ0v) is 17.3. The van der Waals surface area contributed by atoms with Crippen LogP contribution in [0.5, 0.6) is 11.5 Å². The summed E-state index contributed by atoms with van der Waals surface area (Å²) in [5.41, 5.74) is 1.15. The molecule has 10 nitrogen and oxygen atoms in total. The Bertz CT molecular complexity index is 1050. The number of imide groups is 1. The summed E-state index contributed by atoms with van der Waals surface area (Å²) in [6.45, 7) is 0.729. The second-order valence-electron chi connectivity index (χ2n) is 7.91. The molecular formula is C22H23N5O5. The molecule has 4 heterocycles. The van der Waals surface area contributed by atoms with Gasteiger partial charge in [0.15, 0.2) is 11.5 Å². The number of pyridine rings is 1. The first-order valence-corrected chi connectivity index (χ1v) is 10.5. The molecule has 32 heavy (non-hydrogen) atoms. The second-order valence-corrected chi connectivity index (χ2v) is 7.91. The molecule has 2 fully saturated rings. The van der Waals surface area contributed by atoms with E-state index >= 15 is 0 Å². The molecule has 0 radical (unpaired) electrons. The number of ether oxygens (including phenoxy) is 2. The molecule has 0 spiro atoms. The SMILES string of the molecule is O=C(CN1C(=O)N(Cc2ccccn2)C(=O)C2NCCCC21)Nc1ccc2c(c1)OCO2. The van der Waals surface area contributed by atoms with E-state index in [1.165, 1.54) is 9.80 Å². The number of fused-ring (bicyclic) bond motifs is 2. The number of carbonyl (C=O) groups excluding carboxylic acids is 3. The molecule has 0 bridgehead atoms. The van der Waals surface area contributed by atoms with Crippen LogP contribution in [-0.2, 0) is 16.1 Å². The van der Waals surface area contributed by atoms with E-state index in [9.17, 15) is 14.4 Å². The summed E-state index contributed by atoms with van der Waals surface area (Å²) in [6, 6.07) is 9.07. The van der Waals surface area contributed by atoms with Crippen LogP contribution in [0.25, 0.3) is 0 Å². The lowest BCUT2D eigenvalue weighted by molar-refractivity contribution is -0.138. The minimum Gasteiger partial charge on any atom is -0.454 e. The van der Waals surface area contributed by atoms with Crippen molar-refractivity contribution in [1.29, 1.82) is 0 Å². The maximum absolute atomic E-state index is 13.3. The number of nitrogens with zero attached hydrogens (tertiary/aromatic N) is 3. The van der Waals surface area contributed by atoms with Gasteiger partial charge in [-0.25, -0.2) is 4.79 Å². The highest BCUT2D eigenvalue weighted by molar-refractivity contribution is 6.02. The quantitative estimate of drug-likeness (QED) is 0.726. The maximum atomic E-state index is 13.3. The van der Waals surface area contributed by atoms with E-state index in [1.54, 1.807) is 42.6 Å². The van der Waals surface area contributed by atoms with Gasteiger partial charge in [-0.2, -0.15) is 0 Å². The van der Waals surface area contributed by atoms with Crippen molar-refractivity contribution in [2.75, 3.05) is 25.2 Å². The van der Waals surface area contributed by atoms with Gasteiger partial charge in [-0.05, 0) is 43.7 Å². The molecule has 1 aromatic carbocycles. The summed E-state index contributed by atoms with van der Waals surface area (Å²) >= 11 is 0. The van der Waals surface area contributed by atoms with E-state index < -0.39 is 12.1 Å². The van der Waals surface area contributed by atoms with Crippen molar-refractivity contribution in [2.45, 2.75) is 31.5 Å². The van der Waals surface area contributed by atoms with Crippen molar-refractivity contribution >= 4 is 23.5 Å². The first-order valence-electron chi connectivity index (χ1n) is 10.5. The van der Waals surface area contributed by atoms with Gasteiger partial charge < -0.3 is 25.0 Å². The Kier molecular flexibility index (Phi) is 5.36. The third-order valence-electron chi connectivity index (χ3n) is 5.85. The molecule has 10 heteroatoms. The van der Waals surface area contributed by atoms with Crippen molar-refractivity contribution in [1.82, 2.24) is 20.1 Å². The zero-order valence-electron chi connectivity index (χ0n) is 17.3. The molecule has 0 aliphatic carbocycles. The highest BCUT2D eigenvalue weighted by Gasteiger charge is 2.47. The largest absolute Gasteiger partial charge is 0.454 e. The number of urea groups is 1. The third kappa shape index (κ3) is 3.84. The summed E-state index contributed by atoms with van der Waals surface area (Å²) in [6.07, 6.45) is 3.10. The predicted molar refractivity (Wildman–Crippen MR) is 113 cm³/mol. The van der Waals surface area contributed by atoms with Gasteiger partial charge in [-0.15, -0.1) is 0 Å². The summed E-state index contributed by atoms with van der Waals surface area (Å²) in [5, 5.41) is 6.03. The van der Waals surface area contributed by atoms with Gasteiger partial charge in [0.1, 0.15) is 12.6 Å². The number of piperidine rings is 1. The monoisotopic (exact) mass is 437 g/mol. The van der Waals surface area contributed by atoms with E-state index in [0.29, 0.717) is 35.8 Å². The molecule has 166 valence electrons. The van der Waals surface area contributed by atoms with Crippen molar-refractivity contribution in [2.24, 2.45) is 0 Å². The summed E-state index contributed by atoms with van der Waals surface area (Å²) in [4.78, 5) is 46.1. The molecular weight excluding hydrogens is 414 g/mol. The average molecular weight is 437 g/mol. The molecule has 4 amide bonds.